The number of amides is 2. The van der Waals surface area contributed by atoms with E-state index in [1.165, 1.54) is 6.07 Å². The van der Waals surface area contributed by atoms with Crippen molar-refractivity contribution in [3.63, 3.8) is 0 Å². The first kappa shape index (κ1) is 19.6. The number of hydrogen-bond acceptors (Lipinski definition) is 3. The first-order chi connectivity index (χ1) is 14.0. The molecule has 0 aromatic heterocycles. The van der Waals surface area contributed by atoms with Gasteiger partial charge in [0.05, 0.1) is 0 Å². The predicted octanol–water partition coefficient (Wildman–Crippen LogP) is 3.74. The Labute approximate surface area is 170 Å². The average molecular weight is 395 g/mol. The average Bonchev–Trinajstić information content (AvgIpc) is 2.73. The predicted molar refractivity (Wildman–Crippen MR) is 110 cm³/mol. The maximum atomic E-state index is 13.4. The molecule has 3 unspecified atom stereocenters. The highest BCUT2D eigenvalue weighted by Gasteiger charge is 2.39. The highest BCUT2D eigenvalue weighted by atomic mass is 19.1. The number of aryl methyl sites for hydroxylation is 1. The van der Waals surface area contributed by atoms with E-state index in [0.29, 0.717) is 22.7 Å². The summed E-state index contributed by atoms with van der Waals surface area (Å²) in [6.07, 6.45) is 5.03. The summed E-state index contributed by atoms with van der Waals surface area (Å²) in [7, 11) is 0. The van der Waals surface area contributed by atoms with Crippen LogP contribution in [-0.2, 0) is 11.2 Å². The lowest BCUT2D eigenvalue weighted by atomic mass is 9.72. The van der Waals surface area contributed by atoms with Gasteiger partial charge < -0.3 is 5.32 Å². The van der Waals surface area contributed by atoms with Crippen LogP contribution in [0.1, 0.15) is 47.2 Å². The third kappa shape index (κ3) is 4.32. The minimum atomic E-state index is -0.293. The van der Waals surface area contributed by atoms with Gasteiger partial charge in [0.15, 0.2) is 0 Å². The Morgan fingerprint density at radius 2 is 2.00 bits per heavy atom. The Bertz CT molecular complexity index is 930. The number of hydrazine groups is 1. The number of halogens is 1. The summed E-state index contributed by atoms with van der Waals surface area (Å²) in [4.78, 5) is 24.8. The van der Waals surface area contributed by atoms with E-state index in [1.54, 1.807) is 25.1 Å². The fourth-order valence-electron chi connectivity index (χ4n) is 4.55. The molecule has 1 saturated heterocycles. The first-order valence-electron chi connectivity index (χ1n) is 10.2. The van der Waals surface area contributed by atoms with Crippen LogP contribution in [0.15, 0.2) is 42.5 Å². The highest BCUT2D eigenvalue weighted by Crippen LogP contribution is 2.35. The maximum absolute atomic E-state index is 13.4. The Morgan fingerprint density at radius 1 is 1.17 bits per heavy atom. The van der Waals surface area contributed by atoms with Gasteiger partial charge in [-0.15, -0.1) is 0 Å². The first-order valence-corrected chi connectivity index (χ1v) is 10.2. The molecule has 1 aliphatic carbocycles. The van der Waals surface area contributed by atoms with Crippen molar-refractivity contribution in [1.82, 2.24) is 10.9 Å². The van der Waals surface area contributed by atoms with Crippen molar-refractivity contribution in [3.8, 4) is 0 Å². The number of nitrogens with one attached hydrogen (secondary N) is 3. The fourth-order valence-corrected chi connectivity index (χ4v) is 4.55. The molecule has 1 saturated carbocycles. The summed E-state index contributed by atoms with van der Waals surface area (Å²) in [5.41, 5.74) is 8.68. The summed E-state index contributed by atoms with van der Waals surface area (Å²) in [6.45, 7) is 1.67. The van der Waals surface area contributed by atoms with E-state index in [1.807, 2.05) is 18.2 Å². The van der Waals surface area contributed by atoms with Crippen LogP contribution in [0.5, 0.6) is 0 Å². The molecular weight excluding hydrogens is 369 g/mol. The lowest BCUT2D eigenvalue weighted by Crippen LogP contribution is -2.60. The van der Waals surface area contributed by atoms with Crippen molar-refractivity contribution in [2.75, 3.05) is 5.32 Å². The van der Waals surface area contributed by atoms with Crippen LogP contribution in [-0.4, -0.2) is 17.9 Å². The normalized spacial score (nSPS) is 23.8. The molecule has 1 aliphatic heterocycles. The van der Waals surface area contributed by atoms with E-state index < -0.39 is 0 Å². The second kappa shape index (κ2) is 8.33. The van der Waals surface area contributed by atoms with Gasteiger partial charge in [0.2, 0.25) is 5.91 Å². The van der Waals surface area contributed by atoms with Crippen molar-refractivity contribution in [3.05, 3.63) is 65.0 Å². The molecule has 0 spiro atoms. The Balaban J connectivity index is 1.46. The van der Waals surface area contributed by atoms with Crippen molar-refractivity contribution in [2.24, 2.45) is 11.8 Å². The smallest absolute Gasteiger partial charge is 0.255 e. The largest absolute Gasteiger partial charge is 0.322 e. The summed E-state index contributed by atoms with van der Waals surface area (Å²) < 4.78 is 13.4. The molecule has 3 N–H and O–H groups in total. The van der Waals surface area contributed by atoms with Crippen LogP contribution in [0.2, 0.25) is 0 Å². The van der Waals surface area contributed by atoms with Crippen molar-refractivity contribution in [1.29, 1.82) is 0 Å². The van der Waals surface area contributed by atoms with Crippen LogP contribution in [0, 0.1) is 24.6 Å². The molecule has 0 radical (unpaired) electrons. The van der Waals surface area contributed by atoms with Crippen molar-refractivity contribution >= 4 is 17.5 Å². The monoisotopic (exact) mass is 395 g/mol. The molecule has 2 aromatic rings. The quantitative estimate of drug-likeness (QED) is 0.739. The zero-order chi connectivity index (χ0) is 20.4. The number of anilines is 1. The van der Waals surface area contributed by atoms with Gasteiger partial charge >= 0.3 is 0 Å². The molecular formula is C23H26FN3O2. The standard InChI is InChI=1S/C23H26FN3O2/c1-14-11-17(9-10-20(14)24)25-22(28)16-6-4-5-15(12-16)13-21-18-7-2-3-8-19(18)23(29)27-26-21/h4-6,9-12,18-19,21,26H,2-3,7-8,13H2,1H3,(H,25,28)(H,27,29). The molecule has 2 amide bonds. The third-order valence-corrected chi connectivity index (χ3v) is 6.11. The van der Waals surface area contributed by atoms with E-state index in [2.05, 4.69) is 16.2 Å². The number of rotatable bonds is 4. The van der Waals surface area contributed by atoms with Gasteiger partial charge in [-0.3, -0.25) is 15.0 Å². The number of carbonyl (C=O) groups excluding carboxylic acids is 2. The van der Waals surface area contributed by atoms with E-state index in [9.17, 15) is 14.0 Å². The number of hydrogen-bond donors (Lipinski definition) is 3. The Hall–Kier alpha value is -2.73. The highest BCUT2D eigenvalue weighted by molar-refractivity contribution is 6.04. The van der Waals surface area contributed by atoms with Gasteiger partial charge in [0.1, 0.15) is 5.82 Å². The molecule has 152 valence electrons. The van der Waals surface area contributed by atoms with Crippen molar-refractivity contribution < 1.29 is 14.0 Å². The van der Waals surface area contributed by atoms with Crippen molar-refractivity contribution in [2.45, 2.75) is 45.1 Å². The molecule has 5 nitrogen and oxygen atoms in total. The molecule has 2 aliphatic rings. The molecule has 2 fully saturated rings. The van der Waals surface area contributed by atoms with Gasteiger partial charge in [0.25, 0.3) is 5.91 Å². The van der Waals surface area contributed by atoms with E-state index in [-0.39, 0.29) is 29.6 Å². The summed E-state index contributed by atoms with van der Waals surface area (Å²) >= 11 is 0. The molecule has 1 heterocycles. The zero-order valence-corrected chi connectivity index (χ0v) is 16.5. The fraction of sp³-hybridized carbons (Fsp3) is 0.391. The van der Waals surface area contributed by atoms with Gasteiger partial charge in [-0.05, 0) is 73.6 Å². The lowest BCUT2D eigenvalue weighted by molar-refractivity contribution is -0.133. The second-order valence-corrected chi connectivity index (χ2v) is 8.12. The van der Waals surface area contributed by atoms with E-state index in [0.717, 1.165) is 37.7 Å². The van der Waals surface area contributed by atoms with Crippen LogP contribution < -0.4 is 16.2 Å². The summed E-state index contributed by atoms with van der Waals surface area (Å²) in [5, 5.41) is 2.83. The maximum Gasteiger partial charge on any atom is 0.255 e. The van der Waals surface area contributed by atoms with E-state index >= 15 is 0 Å². The lowest BCUT2D eigenvalue weighted by Gasteiger charge is -2.41. The topological polar surface area (TPSA) is 70.2 Å². The SMILES string of the molecule is Cc1cc(NC(=O)c2cccc(CC3NNC(=O)C4CCCCC34)c2)ccc1F. The third-order valence-electron chi connectivity index (χ3n) is 6.11. The number of carbonyl (C=O) groups is 2. The number of fused-ring (bicyclic) bond motifs is 1. The van der Waals surface area contributed by atoms with Gasteiger partial charge in [-0.2, -0.15) is 0 Å². The Kier molecular flexibility index (Phi) is 5.62. The molecule has 3 atom stereocenters. The molecule has 4 rings (SSSR count). The van der Waals surface area contributed by atoms with Gasteiger partial charge in [-0.1, -0.05) is 25.0 Å². The van der Waals surface area contributed by atoms with Gasteiger partial charge in [-0.25, -0.2) is 9.82 Å². The molecule has 6 heteroatoms. The van der Waals surface area contributed by atoms with Crippen LogP contribution in [0.25, 0.3) is 0 Å². The molecule has 29 heavy (non-hydrogen) atoms. The molecule has 2 aromatic carbocycles. The van der Waals surface area contributed by atoms with Crippen LogP contribution in [0.4, 0.5) is 10.1 Å². The minimum Gasteiger partial charge on any atom is -0.322 e. The number of benzene rings is 2. The Morgan fingerprint density at radius 3 is 2.83 bits per heavy atom. The van der Waals surface area contributed by atoms with Crippen LogP contribution in [0.3, 0.4) is 0 Å². The summed E-state index contributed by atoms with van der Waals surface area (Å²) in [5.74, 6) is 0.00503. The second-order valence-electron chi connectivity index (χ2n) is 8.12. The van der Waals surface area contributed by atoms with E-state index in [4.69, 9.17) is 0 Å². The van der Waals surface area contributed by atoms with Crippen LogP contribution >= 0.6 is 0 Å². The summed E-state index contributed by atoms with van der Waals surface area (Å²) in [6, 6.07) is 12.2. The van der Waals surface area contributed by atoms with Gasteiger partial charge in [0, 0.05) is 23.2 Å². The minimum absolute atomic E-state index is 0.0863. The zero-order valence-electron chi connectivity index (χ0n) is 16.5. The molecule has 0 bridgehead atoms.